The van der Waals surface area contributed by atoms with E-state index in [1.54, 1.807) is 0 Å². The third kappa shape index (κ3) is 2.78. The highest BCUT2D eigenvalue weighted by Crippen LogP contribution is 2.39. The second kappa shape index (κ2) is 6.62. The molecule has 0 aliphatic carbocycles. The van der Waals surface area contributed by atoms with Crippen molar-refractivity contribution in [3.8, 4) is 0 Å². The van der Waals surface area contributed by atoms with Crippen molar-refractivity contribution >= 4 is 40.2 Å². The summed E-state index contributed by atoms with van der Waals surface area (Å²) in [6.07, 6.45) is 1.01. The second-order valence-electron chi connectivity index (χ2n) is 9.40. The first kappa shape index (κ1) is 18.5. The number of hydrogen-bond acceptors (Lipinski definition) is 1. The van der Waals surface area contributed by atoms with Gasteiger partial charge in [0.1, 0.15) is 0 Å². The van der Waals surface area contributed by atoms with Crippen molar-refractivity contribution in [1.82, 2.24) is 0 Å². The lowest BCUT2D eigenvalue weighted by Gasteiger charge is -2.41. The van der Waals surface area contributed by atoms with Gasteiger partial charge in [0.25, 0.3) is 0 Å². The van der Waals surface area contributed by atoms with E-state index in [0.29, 0.717) is 6.71 Å². The van der Waals surface area contributed by atoms with Crippen LogP contribution < -0.4 is 21.3 Å². The van der Waals surface area contributed by atoms with E-state index in [2.05, 4.69) is 105 Å². The van der Waals surface area contributed by atoms with Crippen LogP contribution in [-0.2, 0) is 6.42 Å². The van der Waals surface area contributed by atoms with E-state index in [-0.39, 0.29) is 0 Å². The first-order valence-corrected chi connectivity index (χ1v) is 11.2. The summed E-state index contributed by atoms with van der Waals surface area (Å²) in [4.78, 5) is 2.49. The summed E-state index contributed by atoms with van der Waals surface area (Å²) >= 11 is 0. The zero-order chi connectivity index (χ0) is 21.3. The third-order valence-corrected chi connectivity index (χ3v) is 6.94. The van der Waals surface area contributed by atoms with Crippen LogP contribution in [0.25, 0.3) is 0 Å². The van der Waals surface area contributed by atoms with Crippen molar-refractivity contribution in [3.05, 3.63) is 106 Å². The van der Waals surface area contributed by atoms with Gasteiger partial charge in [0.2, 0.25) is 6.71 Å². The van der Waals surface area contributed by atoms with Gasteiger partial charge < -0.3 is 4.90 Å². The van der Waals surface area contributed by atoms with Gasteiger partial charge in [-0.1, -0.05) is 65.1 Å². The molecule has 31 heavy (non-hydrogen) atoms. The minimum absolute atomic E-state index is 0.298. The molecule has 0 amide bonds. The summed E-state index contributed by atoms with van der Waals surface area (Å²) in [5, 5.41) is 0. The quantitative estimate of drug-likeness (QED) is 0.347. The van der Waals surface area contributed by atoms with Crippen LogP contribution in [0.3, 0.4) is 0 Å². The summed E-state index contributed by atoms with van der Waals surface area (Å²) in [6.45, 7) is 9.09. The lowest BCUT2D eigenvalue weighted by Crippen LogP contribution is -2.61. The monoisotopic (exact) mass is 399 g/mol. The molecule has 0 unspecified atom stereocenters. The fraction of sp³-hybridized carbons (Fsp3) is 0.172. The van der Waals surface area contributed by atoms with Crippen LogP contribution in [0.15, 0.2) is 72.8 Å². The van der Waals surface area contributed by atoms with E-state index in [9.17, 15) is 0 Å². The van der Waals surface area contributed by atoms with Crippen LogP contribution in [0.5, 0.6) is 0 Å². The standard InChI is InChI=1S/C29H26BN/c1-18-5-9-24(10-6-18)31-27-15-20(3)8-12-26(27)30-25-11-7-19(2)13-22(25)17-23-14-21(4)16-28(31)29(23)30/h5-16H,17H2,1-4H3. The Balaban J connectivity index is 1.70. The molecule has 6 rings (SSSR count). The normalized spacial score (nSPS) is 13.5. The molecule has 4 aromatic rings. The maximum absolute atomic E-state index is 2.49. The molecule has 4 aromatic carbocycles. The molecule has 0 saturated heterocycles. The molecule has 0 bridgehead atoms. The zero-order valence-corrected chi connectivity index (χ0v) is 18.7. The molecular formula is C29H26BN. The molecule has 0 aromatic heterocycles. The molecule has 150 valence electrons. The van der Waals surface area contributed by atoms with E-state index < -0.39 is 0 Å². The average Bonchev–Trinajstić information content (AvgIpc) is 2.73. The molecular weight excluding hydrogens is 373 g/mol. The maximum Gasteiger partial charge on any atom is 0.247 e. The molecule has 0 N–H and O–H groups in total. The zero-order valence-electron chi connectivity index (χ0n) is 18.7. The predicted molar refractivity (Wildman–Crippen MR) is 134 cm³/mol. The number of nitrogens with zero attached hydrogens (tertiary/aromatic N) is 1. The number of aryl methyl sites for hydroxylation is 4. The van der Waals surface area contributed by atoms with Crippen molar-refractivity contribution in [2.45, 2.75) is 34.1 Å². The molecule has 2 aliphatic rings. The fourth-order valence-corrected chi connectivity index (χ4v) is 5.56. The smallest absolute Gasteiger partial charge is 0.247 e. The first-order valence-electron chi connectivity index (χ1n) is 11.2. The van der Waals surface area contributed by atoms with E-state index in [1.165, 1.54) is 66.8 Å². The Hall–Kier alpha value is -3.26. The largest absolute Gasteiger partial charge is 0.311 e. The molecule has 2 heterocycles. The highest BCUT2D eigenvalue weighted by atomic mass is 15.1. The Labute approximate surface area is 185 Å². The highest BCUT2D eigenvalue weighted by molar-refractivity contribution is 6.98. The van der Waals surface area contributed by atoms with Gasteiger partial charge in [-0.15, -0.1) is 0 Å². The van der Waals surface area contributed by atoms with E-state index in [4.69, 9.17) is 0 Å². The van der Waals surface area contributed by atoms with E-state index in [0.717, 1.165) is 6.42 Å². The SMILES string of the molecule is Cc1ccc(N2c3cc(C)ccc3B3c4ccc(C)cc4Cc4cc(C)cc2c43)cc1. The number of hydrogen-bond donors (Lipinski definition) is 0. The van der Waals surface area contributed by atoms with Gasteiger partial charge in [-0.05, 0) is 91.6 Å². The Bertz CT molecular complexity index is 1350. The molecule has 0 fully saturated rings. The van der Waals surface area contributed by atoms with Gasteiger partial charge in [-0.2, -0.15) is 0 Å². The summed E-state index contributed by atoms with van der Waals surface area (Å²) < 4.78 is 0. The van der Waals surface area contributed by atoms with E-state index in [1.807, 2.05) is 0 Å². The van der Waals surface area contributed by atoms with Gasteiger partial charge in [0.05, 0.1) is 0 Å². The molecule has 0 spiro atoms. The van der Waals surface area contributed by atoms with Crippen LogP contribution in [0.4, 0.5) is 17.1 Å². The molecule has 1 nitrogen and oxygen atoms in total. The van der Waals surface area contributed by atoms with Gasteiger partial charge in [0, 0.05) is 17.1 Å². The van der Waals surface area contributed by atoms with Crippen LogP contribution in [0, 0.1) is 27.7 Å². The number of anilines is 3. The van der Waals surface area contributed by atoms with Crippen LogP contribution in [-0.4, -0.2) is 6.71 Å². The summed E-state index contributed by atoms with van der Waals surface area (Å²) in [6, 6.07) is 27.8. The Morgan fingerprint density at radius 2 is 1.19 bits per heavy atom. The van der Waals surface area contributed by atoms with E-state index >= 15 is 0 Å². The minimum atomic E-state index is 0.298. The minimum Gasteiger partial charge on any atom is -0.311 e. The second-order valence-corrected chi connectivity index (χ2v) is 9.40. The van der Waals surface area contributed by atoms with Gasteiger partial charge in [0.15, 0.2) is 0 Å². The van der Waals surface area contributed by atoms with Crippen LogP contribution in [0.1, 0.15) is 33.4 Å². The lowest BCUT2D eigenvalue weighted by molar-refractivity contribution is 1.17. The topological polar surface area (TPSA) is 3.24 Å². The number of benzene rings is 4. The highest BCUT2D eigenvalue weighted by Gasteiger charge is 2.40. The molecule has 0 saturated carbocycles. The maximum atomic E-state index is 2.49. The number of rotatable bonds is 1. The van der Waals surface area contributed by atoms with Crippen molar-refractivity contribution < 1.29 is 0 Å². The Morgan fingerprint density at radius 1 is 0.581 bits per heavy atom. The van der Waals surface area contributed by atoms with Crippen molar-refractivity contribution in [3.63, 3.8) is 0 Å². The average molecular weight is 399 g/mol. The Kier molecular flexibility index (Phi) is 3.95. The molecule has 2 heteroatoms. The van der Waals surface area contributed by atoms with Crippen molar-refractivity contribution in [2.24, 2.45) is 0 Å². The van der Waals surface area contributed by atoms with Gasteiger partial charge in [-0.3, -0.25) is 0 Å². The van der Waals surface area contributed by atoms with Crippen molar-refractivity contribution in [1.29, 1.82) is 0 Å². The lowest BCUT2D eigenvalue weighted by atomic mass is 9.32. The van der Waals surface area contributed by atoms with Gasteiger partial charge >= 0.3 is 0 Å². The predicted octanol–water partition coefficient (Wildman–Crippen LogP) is 5.12. The van der Waals surface area contributed by atoms with Crippen LogP contribution in [0.2, 0.25) is 0 Å². The summed E-state index contributed by atoms with van der Waals surface area (Å²) in [5.41, 5.74) is 16.5. The Morgan fingerprint density at radius 3 is 1.97 bits per heavy atom. The van der Waals surface area contributed by atoms with Crippen molar-refractivity contribution in [2.75, 3.05) is 4.90 Å². The van der Waals surface area contributed by atoms with Crippen LogP contribution >= 0.6 is 0 Å². The third-order valence-electron chi connectivity index (χ3n) is 6.94. The summed E-state index contributed by atoms with van der Waals surface area (Å²) in [5.74, 6) is 0. The van der Waals surface area contributed by atoms with Gasteiger partial charge in [-0.25, -0.2) is 0 Å². The summed E-state index contributed by atoms with van der Waals surface area (Å²) in [7, 11) is 0. The molecule has 0 radical (unpaired) electrons. The molecule has 0 atom stereocenters. The molecule has 2 aliphatic heterocycles. The fourth-order valence-electron chi connectivity index (χ4n) is 5.56. The first-order chi connectivity index (χ1) is 15.0. The number of fused-ring (bicyclic) bond motifs is 4.